The summed E-state index contributed by atoms with van der Waals surface area (Å²) in [5.41, 5.74) is 0.844. The minimum atomic E-state index is -4.78. The zero-order valence-electron chi connectivity index (χ0n) is 19.3. The van der Waals surface area contributed by atoms with Crippen LogP contribution in [0.5, 0.6) is 11.5 Å². The first-order valence-electron chi connectivity index (χ1n) is 11.3. The summed E-state index contributed by atoms with van der Waals surface area (Å²) in [5, 5.41) is 13.3. The van der Waals surface area contributed by atoms with E-state index in [0.29, 0.717) is 12.5 Å². The first-order valence-corrected chi connectivity index (χ1v) is 11.3. The molecule has 0 amide bonds. The Labute approximate surface area is 207 Å². The molecule has 2 N–H and O–H groups in total. The number of halogens is 5. The molecule has 1 saturated carbocycles. The molecule has 192 valence electrons. The first kappa shape index (κ1) is 30.1. The van der Waals surface area contributed by atoms with Crippen molar-refractivity contribution in [1.82, 2.24) is 10.2 Å². The molecule has 10 heteroatoms. The maximum absolute atomic E-state index is 13.1. The molecule has 33 heavy (non-hydrogen) atoms. The van der Waals surface area contributed by atoms with Gasteiger partial charge in [0.1, 0.15) is 0 Å². The van der Waals surface area contributed by atoms with Crippen LogP contribution in [0.15, 0.2) is 18.2 Å². The molecule has 0 spiro atoms. The Kier molecular flexibility index (Phi) is 12.6. The van der Waals surface area contributed by atoms with E-state index in [2.05, 4.69) is 15.0 Å². The fourth-order valence-electron chi connectivity index (χ4n) is 4.54. The van der Waals surface area contributed by atoms with E-state index in [4.69, 9.17) is 4.74 Å². The van der Waals surface area contributed by atoms with Gasteiger partial charge >= 0.3 is 6.36 Å². The molecule has 1 aliphatic carbocycles. The first-order chi connectivity index (χ1) is 14.7. The summed E-state index contributed by atoms with van der Waals surface area (Å²) in [6.45, 7) is 8.68. The molecule has 0 bridgehead atoms. The molecule has 1 unspecified atom stereocenters. The summed E-state index contributed by atoms with van der Waals surface area (Å²) in [7, 11) is 0. The molecule has 0 aromatic heterocycles. The highest BCUT2D eigenvalue weighted by atomic mass is 35.5. The molecule has 5 nitrogen and oxygen atoms in total. The fourth-order valence-corrected chi connectivity index (χ4v) is 4.54. The Hall–Kier alpha value is -0.930. The Balaban J connectivity index is 0.00000272. The van der Waals surface area contributed by atoms with Gasteiger partial charge in [-0.15, -0.1) is 38.0 Å². The lowest BCUT2D eigenvalue weighted by atomic mass is 9.75. The van der Waals surface area contributed by atoms with Crippen LogP contribution >= 0.6 is 24.8 Å². The molecule has 1 heterocycles. The third-order valence-corrected chi connectivity index (χ3v) is 6.17. The second kappa shape index (κ2) is 13.8. The highest BCUT2D eigenvalue weighted by molar-refractivity contribution is 5.85. The smallest absolute Gasteiger partial charge is 0.489 e. The van der Waals surface area contributed by atoms with Crippen LogP contribution in [0.25, 0.3) is 0 Å². The molecular weight excluding hydrogens is 480 g/mol. The minimum Gasteiger partial charge on any atom is -0.489 e. The molecule has 0 radical (unpaired) electrons. The van der Waals surface area contributed by atoms with E-state index in [-0.39, 0.29) is 54.3 Å². The van der Waals surface area contributed by atoms with E-state index in [0.717, 1.165) is 64.0 Å². The van der Waals surface area contributed by atoms with Crippen molar-refractivity contribution in [2.24, 2.45) is 11.8 Å². The van der Waals surface area contributed by atoms with Gasteiger partial charge < -0.3 is 24.8 Å². The van der Waals surface area contributed by atoms with Crippen molar-refractivity contribution in [1.29, 1.82) is 0 Å². The van der Waals surface area contributed by atoms with Gasteiger partial charge in [0.2, 0.25) is 0 Å². The average molecular weight is 517 g/mol. The second-order valence-corrected chi connectivity index (χ2v) is 9.18. The normalized spacial score (nSPS) is 22.8. The maximum atomic E-state index is 13.1. The van der Waals surface area contributed by atoms with Gasteiger partial charge in [-0.3, -0.25) is 0 Å². The number of ether oxygens (including phenoxy) is 2. The number of nitrogens with zero attached hydrogens (tertiary/aromatic N) is 1. The van der Waals surface area contributed by atoms with E-state index >= 15 is 0 Å². The summed E-state index contributed by atoms with van der Waals surface area (Å²) in [5.74, 6) is 0.439. The summed E-state index contributed by atoms with van der Waals surface area (Å²) in [4.78, 5) is 2.37. The number of alkyl halides is 3. The van der Waals surface area contributed by atoms with Crippen LogP contribution in [-0.4, -0.2) is 61.8 Å². The van der Waals surface area contributed by atoms with Crippen molar-refractivity contribution in [3.63, 3.8) is 0 Å². The van der Waals surface area contributed by atoms with Gasteiger partial charge in [0, 0.05) is 32.7 Å². The van der Waals surface area contributed by atoms with Crippen molar-refractivity contribution in [2.45, 2.75) is 57.9 Å². The second-order valence-electron chi connectivity index (χ2n) is 9.18. The van der Waals surface area contributed by atoms with Crippen molar-refractivity contribution in [3.05, 3.63) is 23.8 Å². The van der Waals surface area contributed by atoms with Crippen LogP contribution in [0.4, 0.5) is 13.2 Å². The summed E-state index contributed by atoms with van der Waals surface area (Å²) >= 11 is 0. The molecule has 1 aromatic rings. The van der Waals surface area contributed by atoms with Crippen molar-refractivity contribution in [3.8, 4) is 11.5 Å². The molecule has 1 aliphatic heterocycles. The van der Waals surface area contributed by atoms with E-state index < -0.39 is 6.36 Å². The summed E-state index contributed by atoms with van der Waals surface area (Å²) < 4.78 is 49.3. The van der Waals surface area contributed by atoms with Gasteiger partial charge in [0.15, 0.2) is 11.5 Å². The highest BCUT2D eigenvalue weighted by Gasteiger charge is 2.34. The van der Waals surface area contributed by atoms with Crippen LogP contribution in [-0.2, 0) is 0 Å². The van der Waals surface area contributed by atoms with Gasteiger partial charge in [-0.05, 0) is 61.1 Å². The van der Waals surface area contributed by atoms with Crippen LogP contribution in [0, 0.1) is 11.8 Å². The molecule has 2 fully saturated rings. The van der Waals surface area contributed by atoms with E-state index in [1.165, 1.54) is 6.07 Å². The lowest BCUT2D eigenvalue weighted by Crippen LogP contribution is -2.46. The van der Waals surface area contributed by atoms with Crippen LogP contribution < -0.4 is 14.8 Å². The quantitative estimate of drug-likeness (QED) is 0.508. The lowest BCUT2D eigenvalue weighted by molar-refractivity contribution is -0.275. The van der Waals surface area contributed by atoms with Gasteiger partial charge in [0.25, 0.3) is 0 Å². The molecule has 1 aromatic carbocycles. The predicted octanol–water partition coefficient (Wildman–Crippen LogP) is 5.00. The van der Waals surface area contributed by atoms with Gasteiger partial charge in [-0.25, -0.2) is 0 Å². The molecule has 3 rings (SSSR count). The number of aliphatic hydroxyl groups excluding tert-OH is 1. The summed E-state index contributed by atoms with van der Waals surface area (Å²) in [6.07, 6.45) is -1.82. The molecule has 1 saturated heterocycles. The molecule has 2 aliphatic rings. The van der Waals surface area contributed by atoms with E-state index in [1.54, 1.807) is 6.07 Å². The Morgan fingerprint density at radius 2 is 1.70 bits per heavy atom. The maximum Gasteiger partial charge on any atom is 0.573 e. The highest BCUT2D eigenvalue weighted by Crippen LogP contribution is 2.41. The van der Waals surface area contributed by atoms with Crippen molar-refractivity contribution >= 4 is 24.8 Å². The minimum absolute atomic E-state index is 0. The topological polar surface area (TPSA) is 54.0 Å². The fraction of sp³-hybridized carbons (Fsp3) is 0.739. The SMILES string of the molecule is CC(C)COc1ccc(C(CN2CCNCC2)C2CCC(O)CC2)cc1OC(F)(F)F.Cl.Cl. The van der Waals surface area contributed by atoms with Gasteiger partial charge in [0.05, 0.1) is 12.7 Å². The third kappa shape index (κ3) is 9.68. The van der Waals surface area contributed by atoms with Crippen LogP contribution in [0.3, 0.4) is 0 Å². The Morgan fingerprint density at radius 3 is 2.27 bits per heavy atom. The van der Waals surface area contributed by atoms with E-state index in [9.17, 15) is 18.3 Å². The van der Waals surface area contributed by atoms with E-state index in [1.807, 2.05) is 19.9 Å². The molecular formula is C23H37Cl2F3N2O3. The lowest BCUT2D eigenvalue weighted by Gasteiger charge is -2.37. The number of hydrogen-bond acceptors (Lipinski definition) is 5. The Bertz CT molecular complexity index is 696. The van der Waals surface area contributed by atoms with Crippen molar-refractivity contribution < 1.29 is 27.8 Å². The third-order valence-electron chi connectivity index (χ3n) is 6.17. The zero-order valence-corrected chi connectivity index (χ0v) is 20.9. The number of hydrogen-bond donors (Lipinski definition) is 2. The number of rotatable bonds is 8. The molecule has 1 atom stereocenters. The number of nitrogens with one attached hydrogen (secondary N) is 1. The monoisotopic (exact) mass is 516 g/mol. The van der Waals surface area contributed by atoms with Crippen LogP contribution in [0.1, 0.15) is 51.0 Å². The standard InChI is InChI=1S/C23H35F3N2O3.2ClH/c1-16(2)15-30-21-8-5-18(13-22(21)31-23(24,25)26)20(14-28-11-9-27-10-12-28)17-3-6-19(29)7-4-17;;/h5,8,13,16-17,19-20,27,29H,3-4,6-7,9-12,14-15H2,1-2H3;2*1H. The van der Waals surface area contributed by atoms with Gasteiger partial charge in [-0.1, -0.05) is 19.9 Å². The average Bonchev–Trinajstić information content (AvgIpc) is 2.71. The summed E-state index contributed by atoms with van der Waals surface area (Å²) in [6, 6.07) is 5.01. The number of benzene rings is 1. The predicted molar refractivity (Wildman–Crippen MR) is 128 cm³/mol. The largest absolute Gasteiger partial charge is 0.573 e. The zero-order chi connectivity index (χ0) is 22.4. The van der Waals surface area contributed by atoms with Gasteiger partial charge in [-0.2, -0.15) is 0 Å². The number of aliphatic hydroxyl groups is 1. The van der Waals surface area contributed by atoms with Crippen molar-refractivity contribution in [2.75, 3.05) is 39.3 Å². The Morgan fingerprint density at radius 1 is 1.06 bits per heavy atom. The number of piperazine rings is 1. The van der Waals surface area contributed by atoms with Crippen LogP contribution in [0.2, 0.25) is 0 Å².